The summed E-state index contributed by atoms with van der Waals surface area (Å²) in [6, 6.07) is 15.9. The molecule has 1 aromatic heterocycles. The molecule has 1 aliphatic heterocycles. The Balaban J connectivity index is 1.37. The minimum Gasteiger partial charge on any atom is -0.477 e. The van der Waals surface area contributed by atoms with Gasteiger partial charge >= 0.3 is 5.97 Å². The molecule has 198 valence electrons. The maximum atomic E-state index is 15.2. The second-order valence-electron chi connectivity index (χ2n) is 10.2. The molecule has 3 aromatic carbocycles. The Hall–Kier alpha value is -3.75. The van der Waals surface area contributed by atoms with Crippen LogP contribution in [0.2, 0.25) is 0 Å². The lowest BCUT2D eigenvalue weighted by molar-refractivity contribution is 0.0695. The van der Waals surface area contributed by atoms with Crippen molar-refractivity contribution in [2.75, 3.05) is 45.2 Å². The Bertz CT molecular complexity index is 1570. The maximum Gasteiger partial charge on any atom is 0.341 e. The quantitative estimate of drug-likeness (QED) is 0.393. The van der Waals surface area contributed by atoms with Gasteiger partial charge in [-0.25, -0.2) is 9.18 Å². The number of carbonyl (C=O) groups is 1. The number of benzene rings is 3. The summed E-state index contributed by atoms with van der Waals surface area (Å²) in [5.74, 6) is -1.81. The molecule has 1 aliphatic rings. The molecule has 0 amide bonds. The SMILES string of the molecule is CCn1cc(C(=O)O)c(=O)c2cc(F)c(N3CCN(Cc4ccc(CN(C)C)c5ccccc45)CC3)cc21. The minimum absolute atomic E-state index is 0.0937. The highest BCUT2D eigenvalue weighted by atomic mass is 19.1. The van der Waals surface area contributed by atoms with Crippen LogP contribution in [-0.2, 0) is 19.6 Å². The van der Waals surface area contributed by atoms with Crippen LogP contribution in [0.15, 0.2) is 59.5 Å². The summed E-state index contributed by atoms with van der Waals surface area (Å²) in [6.07, 6.45) is 1.35. The number of aromatic nitrogens is 1. The number of carboxylic acids is 1. The van der Waals surface area contributed by atoms with Crippen LogP contribution in [0.25, 0.3) is 21.7 Å². The number of piperazine rings is 1. The molecule has 38 heavy (non-hydrogen) atoms. The first-order valence-corrected chi connectivity index (χ1v) is 13.0. The zero-order chi connectivity index (χ0) is 27.0. The van der Waals surface area contributed by atoms with Crippen molar-refractivity contribution >= 4 is 33.3 Å². The van der Waals surface area contributed by atoms with Gasteiger partial charge in [-0.3, -0.25) is 9.69 Å². The average molecular weight is 517 g/mol. The van der Waals surface area contributed by atoms with Gasteiger partial charge in [0.15, 0.2) is 0 Å². The summed E-state index contributed by atoms with van der Waals surface area (Å²) in [5, 5.41) is 12.0. The van der Waals surface area contributed by atoms with E-state index in [2.05, 4.69) is 60.3 Å². The lowest BCUT2D eigenvalue weighted by Crippen LogP contribution is -2.46. The summed E-state index contributed by atoms with van der Waals surface area (Å²) < 4.78 is 16.9. The third-order valence-electron chi connectivity index (χ3n) is 7.42. The van der Waals surface area contributed by atoms with Crippen LogP contribution >= 0.6 is 0 Å². The summed E-state index contributed by atoms with van der Waals surface area (Å²) in [5.41, 5.74) is 2.59. The van der Waals surface area contributed by atoms with E-state index in [4.69, 9.17) is 0 Å². The first-order chi connectivity index (χ1) is 18.3. The fraction of sp³-hybridized carbons (Fsp3) is 0.333. The Morgan fingerprint density at radius 1 is 0.974 bits per heavy atom. The van der Waals surface area contributed by atoms with Gasteiger partial charge in [0.1, 0.15) is 11.4 Å². The first-order valence-electron chi connectivity index (χ1n) is 13.0. The van der Waals surface area contributed by atoms with E-state index in [1.807, 2.05) is 11.8 Å². The molecule has 4 aromatic rings. The van der Waals surface area contributed by atoms with Gasteiger partial charge in [0.05, 0.1) is 11.2 Å². The molecule has 0 bridgehead atoms. The molecule has 2 heterocycles. The molecule has 1 fully saturated rings. The van der Waals surface area contributed by atoms with Crippen molar-refractivity contribution in [2.45, 2.75) is 26.6 Å². The molecule has 1 N–H and O–H groups in total. The van der Waals surface area contributed by atoms with Crippen molar-refractivity contribution in [1.29, 1.82) is 0 Å². The van der Waals surface area contributed by atoms with Crippen molar-refractivity contribution < 1.29 is 14.3 Å². The van der Waals surface area contributed by atoms with E-state index in [0.29, 0.717) is 30.8 Å². The Kier molecular flexibility index (Phi) is 7.19. The number of halogens is 1. The van der Waals surface area contributed by atoms with Gasteiger partial charge < -0.3 is 19.5 Å². The van der Waals surface area contributed by atoms with E-state index < -0.39 is 17.2 Å². The number of pyridine rings is 1. The van der Waals surface area contributed by atoms with Crippen molar-refractivity contribution in [2.24, 2.45) is 0 Å². The highest BCUT2D eigenvalue weighted by molar-refractivity contribution is 5.93. The highest BCUT2D eigenvalue weighted by Crippen LogP contribution is 2.28. The summed E-state index contributed by atoms with van der Waals surface area (Å²) in [6.45, 7) is 6.93. The monoisotopic (exact) mass is 516 g/mol. The number of hydrogen-bond donors (Lipinski definition) is 1. The summed E-state index contributed by atoms with van der Waals surface area (Å²) in [4.78, 5) is 30.8. The molecule has 8 heteroatoms. The van der Waals surface area contributed by atoms with E-state index >= 15 is 4.39 Å². The van der Waals surface area contributed by atoms with Gasteiger partial charge in [0.25, 0.3) is 0 Å². The van der Waals surface area contributed by atoms with Gasteiger partial charge in [-0.2, -0.15) is 0 Å². The Labute approximate surface area is 221 Å². The molecular formula is C30H33FN4O3. The molecule has 0 aliphatic carbocycles. The van der Waals surface area contributed by atoms with E-state index in [1.165, 1.54) is 34.2 Å². The van der Waals surface area contributed by atoms with Crippen LogP contribution in [0.1, 0.15) is 28.4 Å². The van der Waals surface area contributed by atoms with Crippen molar-refractivity contribution in [3.05, 3.63) is 87.5 Å². The lowest BCUT2D eigenvalue weighted by Gasteiger charge is -2.36. The second kappa shape index (κ2) is 10.6. The number of fused-ring (bicyclic) bond motifs is 2. The van der Waals surface area contributed by atoms with Gasteiger partial charge in [-0.1, -0.05) is 36.4 Å². The number of rotatable bonds is 7. The number of aromatic carboxylic acids is 1. The molecule has 1 saturated heterocycles. The van der Waals surface area contributed by atoms with E-state index in [9.17, 15) is 14.7 Å². The molecule has 7 nitrogen and oxygen atoms in total. The largest absolute Gasteiger partial charge is 0.477 e. The molecule has 5 rings (SSSR count). The number of hydrogen-bond acceptors (Lipinski definition) is 5. The number of anilines is 1. The Morgan fingerprint density at radius 3 is 2.26 bits per heavy atom. The van der Waals surface area contributed by atoms with Crippen LogP contribution in [0, 0.1) is 5.82 Å². The third-order valence-corrected chi connectivity index (χ3v) is 7.42. The van der Waals surface area contributed by atoms with Crippen LogP contribution in [0.5, 0.6) is 0 Å². The van der Waals surface area contributed by atoms with Gasteiger partial charge in [-0.05, 0) is 55.1 Å². The van der Waals surface area contributed by atoms with Crippen molar-refractivity contribution in [3.8, 4) is 0 Å². The summed E-state index contributed by atoms with van der Waals surface area (Å²) in [7, 11) is 4.16. The zero-order valence-electron chi connectivity index (χ0n) is 22.1. The third kappa shape index (κ3) is 4.89. The molecule has 0 atom stereocenters. The average Bonchev–Trinajstić information content (AvgIpc) is 2.90. The first kappa shape index (κ1) is 25.9. The molecule has 0 radical (unpaired) electrons. The smallest absolute Gasteiger partial charge is 0.341 e. The fourth-order valence-corrected chi connectivity index (χ4v) is 5.48. The fourth-order valence-electron chi connectivity index (χ4n) is 5.48. The van der Waals surface area contributed by atoms with Crippen molar-refractivity contribution in [3.63, 3.8) is 0 Å². The molecule has 0 saturated carbocycles. The summed E-state index contributed by atoms with van der Waals surface area (Å²) >= 11 is 0. The van der Waals surface area contributed by atoms with E-state index in [1.54, 1.807) is 10.6 Å². The predicted octanol–water partition coefficient (Wildman–Crippen LogP) is 4.40. The van der Waals surface area contributed by atoms with Crippen LogP contribution < -0.4 is 10.3 Å². The Morgan fingerprint density at radius 2 is 1.63 bits per heavy atom. The van der Waals surface area contributed by atoms with Gasteiger partial charge in [0.2, 0.25) is 5.43 Å². The highest BCUT2D eigenvalue weighted by Gasteiger charge is 2.23. The van der Waals surface area contributed by atoms with Crippen LogP contribution in [0.3, 0.4) is 0 Å². The van der Waals surface area contributed by atoms with Gasteiger partial charge in [-0.15, -0.1) is 0 Å². The van der Waals surface area contributed by atoms with Gasteiger partial charge in [0, 0.05) is 57.4 Å². The van der Waals surface area contributed by atoms with Crippen LogP contribution in [0.4, 0.5) is 10.1 Å². The predicted molar refractivity (Wildman–Crippen MR) is 150 cm³/mol. The topological polar surface area (TPSA) is 69.0 Å². The standard InChI is InChI=1S/C30H33FN4O3/c1-4-34-19-25(30(37)38)29(36)24-15-26(31)28(16-27(24)34)35-13-11-33(12-14-35)18-21-10-9-20(17-32(2)3)22-7-5-6-8-23(21)22/h5-10,15-16,19H,4,11-14,17-18H2,1-3H3,(H,37,38). The minimum atomic E-state index is -1.31. The second-order valence-corrected chi connectivity index (χ2v) is 10.2. The number of nitrogens with zero attached hydrogens (tertiary/aromatic N) is 4. The number of carboxylic acid groups (broad SMARTS) is 1. The number of aryl methyl sites for hydroxylation is 1. The maximum absolute atomic E-state index is 15.2. The normalized spacial score (nSPS) is 14.6. The molecule has 0 unspecified atom stereocenters. The van der Waals surface area contributed by atoms with Crippen molar-refractivity contribution in [1.82, 2.24) is 14.4 Å². The molecular weight excluding hydrogens is 483 g/mol. The lowest BCUT2D eigenvalue weighted by atomic mass is 9.98. The van der Waals surface area contributed by atoms with E-state index in [-0.39, 0.29) is 10.9 Å². The van der Waals surface area contributed by atoms with E-state index in [0.717, 1.165) is 26.2 Å². The zero-order valence-corrected chi connectivity index (χ0v) is 22.1. The van der Waals surface area contributed by atoms with Crippen LogP contribution in [-0.4, -0.2) is 65.7 Å². The molecule has 0 spiro atoms.